The first kappa shape index (κ1) is 17.7. The van der Waals surface area contributed by atoms with Gasteiger partial charge in [-0.3, -0.25) is 4.79 Å². The standard InChI is InChI=1S/C22H22N6O/c1-14-25-26-21-8-7-18-19(28(14)21)11-20(22(29)24-17-9-16(10-17)12-23)27(18)13-15-5-3-2-4-6-15/h2-8,11,16-19H,9-10,13H2,1H3,(H,24,29). The number of aromatic nitrogens is 3. The zero-order chi connectivity index (χ0) is 20.0. The minimum absolute atomic E-state index is 0.0114. The maximum absolute atomic E-state index is 13.2. The summed E-state index contributed by atoms with van der Waals surface area (Å²) in [6, 6.07) is 12.6. The van der Waals surface area contributed by atoms with Gasteiger partial charge in [0.05, 0.1) is 24.1 Å². The van der Waals surface area contributed by atoms with E-state index in [0.717, 1.165) is 30.1 Å². The van der Waals surface area contributed by atoms with Crippen LogP contribution < -0.4 is 5.32 Å². The Morgan fingerprint density at radius 3 is 2.79 bits per heavy atom. The monoisotopic (exact) mass is 386 g/mol. The zero-order valence-corrected chi connectivity index (χ0v) is 16.2. The van der Waals surface area contributed by atoms with Crippen LogP contribution in [-0.2, 0) is 11.3 Å². The molecule has 3 heterocycles. The number of aryl methyl sites for hydroxylation is 1. The number of carbonyl (C=O) groups excluding carboxylic acids is 1. The minimum Gasteiger partial charge on any atom is -0.354 e. The van der Waals surface area contributed by atoms with Crippen LogP contribution in [0.15, 0.2) is 48.2 Å². The molecule has 2 unspecified atom stereocenters. The van der Waals surface area contributed by atoms with E-state index < -0.39 is 0 Å². The van der Waals surface area contributed by atoms with E-state index in [0.29, 0.717) is 12.2 Å². The first-order valence-electron chi connectivity index (χ1n) is 9.96. The molecule has 0 bridgehead atoms. The van der Waals surface area contributed by atoms with E-state index in [-0.39, 0.29) is 30.0 Å². The SMILES string of the molecule is Cc1nnc2n1C1C=C(C(=O)NC3CC(C#N)C3)N(Cc3ccccc3)C1C=C2. The number of hydrogen-bond donors (Lipinski definition) is 1. The number of hydrogen-bond acceptors (Lipinski definition) is 5. The normalized spacial score (nSPS) is 26.8. The highest BCUT2D eigenvalue weighted by Crippen LogP contribution is 2.38. The van der Waals surface area contributed by atoms with Gasteiger partial charge in [-0.1, -0.05) is 36.4 Å². The number of carbonyl (C=O) groups is 1. The van der Waals surface area contributed by atoms with Crippen LogP contribution in [0.1, 0.15) is 36.1 Å². The molecular formula is C22H22N6O. The fourth-order valence-corrected chi connectivity index (χ4v) is 4.48. The fourth-order valence-electron chi connectivity index (χ4n) is 4.48. The molecule has 0 saturated heterocycles. The summed E-state index contributed by atoms with van der Waals surface area (Å²) in [7, 11) is 0. The summed E-state index contributed by atoms with van der Waals surface area (Å²) in [6.45, 7) is 2.59. The molecule has 0 radical (unpaired) electrons. The highest BCUT2D eigenvalue weighted by atomic mass is 16.2. The average molecular weight is 386 g/mol. The summed E-state index contributed by atoms with van der Waals surface area (Å²) < 4.78 is 2.10. The van der Waals surface area contributed by atoms with E-state index in [1.807, 2.05) is 37.3 Å². The molecule has 7 nitrogen and oxygen atoms in total. The Morgan fingerprint density at radius 2 is 2.03 bits per heavy atom. The molecule has 1 N–H and O–H groups in total. The number of amides is 1. The predicted octanol–water partition coefficient (Wildman–Crippen LogP) is 2.34. The van der Waals surface area contributed by atoms with Crippen LogP contribution in [0.5, 0.6) is 0 Å². The van der Waals surface area contributed by atoms with Crippen molar-refractivity contribution in [1.29, 1.82) is 5.26 Å². The molecule has 7 heteroatoms. The zero-order valence-electron chi connectivity index (χ0n) is 16.2. The molecule has 1 aromatic heterocycles. The second-order valence-electron chi connectivity index (χ2n) is 7.95. The van der Waals surface area contributed by atoms with Gasteiger partial charge in [-0.15, -0.1) is 10.2 Å². The molecule has 1 saturated carbocycles. The summed E-state index contributed by atoms with van der Waals surface area (Å²) in [5.74, 6) is 1.65. The van der Waals surface area contributed by atoms with Gasteiger partial charge in [-0.05, 0) is 37.5 Å². The molecule has 2 aliphatic heterocycles. The van der Waals surface area contributed by atoms with Crippen LogP contribution in [0.3, 0.4) is 0 Å². The smallest absolute Gasteiger partial charge is 0.267 e. The molecule has 5 rings (SSSR count). The third-order valence-corrected chi connectivity index (χ3v) is 6.07. The number of nitrogens with zero attached hydrogens (tertiary/aromatic N) is 5. The lowest BCUT2D eigenvalue weighted by Crippen LogP contribution is -2.47. The van der Waals surface area contributed by atoms with Crippen molar-refractivity contribution in [3.63, 3.8) is 0 Å². The third kappa shape index (κ3) is 3.01. The molecule has 1 fully saturated rings. The molecule has 1 aromatic carbocycles. The van der Waals surface area contributed by atoms with Crippen molar-refractivity contribution in [3.8, 4) is 6.07 Å². The molecule has 1 aliphatic carbocycles. The van der Waals surface area contributed by atoms with Crippen molar-refractivity contribution < 1.29 is 4.79 Å². The van der Waals surface area contributed by atoms with Gasteiger partial charge in [0.25, 0.3) is 5.91 Å². The van der Waals surface area contributed by atoms with E-state index in [9.17, 15) is 4.79 Å². The van der Waals surface area contributed by atoms with Gasteiger partial charge in [-0.25, -0.2) is 0 Å². The largest absolute Gasteiger partial charge is 0.354 e. The topological polar surface area (TPSA) is 86.8 Å². The molecule has 29 heavy (non-hydrogen) atoms. The van der Waals surface area contributed by atoms with E-state index in [1.165, 1.54) is 0 Å². The third-order valence-electron chi connectivity index (χ3n) is 6.07. The Kier molecular flexibility index (Phi) is 4.20. The minimum atomic E-state index is -0.0719. The summed E-state index contributed by atoms with van der Waals surface area (Å²) in [6.07, 6.45) is 7.60. The lowest BCUT2D eigenvalue weighted by atomic mass is 9.81. The van der Waals surface area contributed by atoms with E-state index in [2.05, 4.69) is 49.3 Å². The van der Waals surface area contributed by atoms with Gasteiger partial charge >= 0.3 is 0 Å². The predicted molar refractivity (Wildman–Crippen MR) is 107 cm³/mol. The van der Waals surface area contributed by atoms with Crippen molar-refractivity contribution in [3.05, 3.63) is 65.4 Å². The van der Waals surface area contributed by atoms with Gasteiger partial charge in [0.15, 0.2) is 5.82 Å². The molecule has 2 atom stereocenters. The van der Waals surface area contributed by atoms with E-state index >= 15 is 0 Å². The van der Waals surface area contributed by atoms with Crippen molar-refractivity contribution >= 4 is 12.0 Å². The van der Waals surface area contributed by atoms with Crippen molar-refractivity contribution in [2.24, 2.45) is 5.92 Å². The van der Waals surface area contributed by atoms with Crippen LogP contribution in [-0.4, -0.2) is 37.7 Å². The number of nitriles is 1. The van der Waals surface area contributed by atoms with Crippen LogP contribution in [0.25, 0.3) is 6.08 Å². The quantitative estimate of drug-likeness (QED) is 0.872. The number of nitrogens with one attached hydrogen (secondary N) is 1. The molecule has 0 spiro atoms. The highest BCUT2D eigenvalue weighted by Gasteiger charge is 2.41. The number of rotatable bonds is 4. The Balaban J connectivity index is 1.45. The lowest BCUT2D eigenvalue weighted by Gasteiger charge is -2.35. The summed E-state index contributed by atoms with van der Waals surface area (Å²) in [4.78, 5) is 15.3. The van der Waals surface area contributed by atoms with Crippen molar-refractivity contribution in [1.82, 2.24) is 25.0 Å². The highest BCUT2D eigenvalue weighted by molar-refractivity contribution is 5.94. The fraction of sp³-hybridized carbons (Fsp3) is 0.364. The maximum Gasteiger partial charge on any atom is 0.267 e. The Bertz CT molecular complexity index is 1040. The number of benzene rings is 1. The molecule has 146 valence electrons. The van der Waals surface area contributed by atoms with Gasteiger partial charge in [0.2, 0.25) is 0 Å². The van der Waals surface area contributed by atoms with Gasteiger partial charge in [0.1, 0.15) is 11.5 Å². The van der Waals surface area contributed by atoms with E-state index in [1.54, 1.807) is 0 Å². The summed E-state index contributed by atoms with van der Waals surface area (Å²) in [5, 5.41) is 20.5. The first-order valence-corrected chi connectivity index (χ1v) is 9.96. The van der Waals surface area contributed by atoms with Crippen LogP contribution in [0.2, 0.25) is 0 Å². The van der Waals surface area contributed by atoms with Gasteiger partial charge in [-0.2, -0.15) is 5.26 Å². The summed E-state index contributed by atoms with van der Waals surface area (Å²) >= 11 is 0. The Hall–Kier alpha value is -3.40. The van der Waals surface area contributed by atoms with Gasteiger partial charge in [0, 0.05) is 12.6 Å². The van der Waals surface area contributed by atoms with E-state index in [4.69, 9.17) is 5.26 Å². The number of fused-ring (bicyclic) bond motifs is 3. The molecule has 1 amide bonds. The molecular weight excluding hydrogens is 364 g/mol. The lowest BCUT2D eigenvalue weighted by molar-refractivity contribution is -0.120. The Labute approximate surface area is 169 Å². The summed E-state index contributed by atoms with van der Waals surface area (Å²) in [5.41, 5.74) is 1.83. The van der Waals surface area contributed by atoms with Crippen LogP contribution in [0.4, 0.5) is 0 Å². The Morgan fingerprint density at radius 1 is 1.24 bits per heavy atom. The van der Waals surface area contributed by atoms with Gasteiger partial charge < -0.3 is 14.8 Å². The van der Waals surface area contributed by atoms with Crippen molar-refractivity contribution in [2.45, 2.75) is 44.4 Å². The average Bonchev–Trinajstić information content (AvgIpc) is 3.26. The van der Waals surface area contributed by atoms with Crippen LogP contribution in [0, 0.1) is 24.2 Å². The van der Waals surface area contributed by atoms with Crippen LogP contribution >= 0.6 is 0 Å². The molecule has 3 aliphatic rings. The molecule has 2 aromatic rings. The van der Waals surface area contributed by atoms with Crippen molar-refractivity contribution in [2.75, 3.05) is 0 Å². The second-order valence-corrected chi connectivity index (χ2v) is 7.95. The maximum atomic E-state index is 13.2. The second kappa shape index (κ2) is 6.89. The first-order chi connectivity index (χ1) is 14.1.